The molecule has 2 aromatic carbocycles. The number of ether oxygens (including phenoxy) is 1. The number of phosphoric ester groups is 1. The van der Waals surface area contributed by atoms with E-state index in [0.29, 0.717) is 5.75 Å². The van der Waals surface area contributed by atoms with Crippen LogP contribution < -0.4 is 13.8 Å². The van der Waals surface area contributed by atoms with Crippen LogP contribution in [0, 0.1) is 5.41 Å². The Hall–Kier alpha value is -2.01. The fourth-order valence-corrected chi connectivity index (χ4v) is 4.25. The highest BCUT2D eigenvalue weighted by molar-refractivity contribution is 7.48. The number of aliphatic hydroxyl groups is 1. The third-order valence-corrected chi connectivity index (χ3v) is 5.12. The minimum atomic E-state index is -4.34. The summed E-state index contributed by atoms with van der Waals surface area (Å²) in [5.74, 6) is 0.956. The molecule has 0 aromatic heterocycles. The molecular weight excluding hydrogens is 391 g/mol. The molecule has 0 bridgehead atoms. The van der Waals surface area contributed by atoms with Gasteiger partial charge in [-0.2, -0.15) is 0 Å². The molecule has 6 nitrogen and oxygen atoms in total. The Morgan fingerprint density at radius 2 is 1.28 bits per heavy atom. The van der Waals surface area contributed by atoms with Crippen molar-refractivity contribution < 1.29 is 28.3 Å². The van der Waals surface area contributed by atoms with Crippen molar-refractivity contribution in [1.82, 2.24) is 0 Å². The van der Waals surface area contributed by atoms with Crippen molar-refractivity contribution in [2.24, 2.45) is 5.41 Å². The lowest BCUT2D eigenvalue weighted by molar-refractivity contribution is 0.201. The van der Waals surface area contributed by atoms with Gasteiger partial charge in [-0.15, -0.1) is 0 Å². The van der Waals surface area contributed by atoms with Crippen LogP contribution in [0.1, 0.15) is 46.6 Å². The summed E-state index contributed by atoms with van der Waals surface area (Å²) in [4.78, 5) is 10.1. The maximum atomic E-state index is 12.3. The van der Waals surface area contributed by atoms with Crippen molar-refractivity contribution in [3.63, 3.8) is 0 Å². The summed E-state index contributed by atoms with van der Waals surface area (Å²) >= 11 is 0. The molecule has 0 aliphatic carbocycles. The van der Waals surface area contributed by atoms with E-state index < -0.39 is 7.82 Å². The first-order chi connectivity index (χ1) is 13.4. The minimum absolute atomic E-state index is 0.0317. The van der Waals surface area contributed by atoms with Crippen molar-refractivity contribution in [2.45, 2.75) is 46.5 Å². The molecule has 7 heteroatoms. The maximum Gasteiger partial charge on any atom is 0.584 e. The summed E-state index contributed by atoms with van der Waals surface area (Å²) in [6, 6.07) is 13.3. The van der Waals surface area contributed by atoms with Gasteiger partial charge in [-0.1, -0.05) is 46.8 Å². The first-order valence-corrected chi connectivity index (χ1v) is 11.1. The average molecular weight is 422 g/mol. The van der Waals surface area contributed by atoms with Crippen LogP contribution in [-0.4, -0.2) is 23.2 Å². The lowest BCUT2D eigenvalue weighted by Gasteiger charge is -2.33. The van der Waals surface area contributed by atoms with Gasteiger partial charge >= 0.3 is 7.82 Å². The lowest BCUT2D eigenvalue weighted by atomic mass is 9.72. The molecule has 0 fully saturated rings. The monoisotopic (exact) mass is 422 g/mol. The Labute approximate surface area is 173 Å². The molecule has 0 aliphatic heterocycles. The molecule has 1 unspecified atom stereocenters. The van der Waals surface area contributed by atoms with E-state index in [1.165, 1.54) is 12.1 Å². The van der Waals surface area contributed by atoms with Gasteiger partial charge in [0.15, 0.2) is 0 Å². The second kappa shape index (κ2) is 9.21. The maximum absolute atomic E-state index is 12.3. The predicted molar refractivity (Wildman–Crippen MR) is 114 cm³/mol. The standard InChI is InChI=1S/C22H31O6P/c1-21(2,3)16-22(4,5)17-6-8-19(9-7-17)27-29(24,25)28-20-12-10-18(11-13-20)26-15-14-23/h6-13,23H,14-16H2,1-5H3,(H,24,25). The molecular formula is C22H31O6P. The van der Waals surface area contributed by atoms with Crippen LogP contribution in [0.5, 0.6) is 17.2 Å². The number of benzene rings is 2. The zero-order valence-electron chi connectivity index (χ0n) is 17.7. The molecule has 0 spiro atoms. The SMILES string of the molecule is CC(C)(C)CC(C)(C)c1ccc(OP(=O)(O)Oc2ccc(OCCO)cc2)cc1. The smallest absolute Gasteiger partial charge is 0.491 e. The van der Waals surface area contributed by atoms with Gasteiger partial charge in [-0.05, 0) is 59.2 Å². The molecule has 0 saturated heterocycles. The van der Waals surface area contributed by atoms with E-state index >= 15 is 0 Å². The summed E-state index contributed by atoms with van der Waals surface area (Å²) in [6.45, 7) is 11.1. The van der Waals surface area contributed by atoms with Crippen molar-refractivity contribution in [3.8, 4) is 17.2 Å². The summed E-state index contributed by atoms with van der Waals surface area (Å²) < 4.78 is 27.9. The summed E-state index contributed by atoms with van der Waals surface area (Å²) in [5, 5.41) is 8.75. The fraction of sp³-hybridized carbons (Fsp3) is 0.455. The first kappa shape index (κ1) is 23.3. The highest BCUT2D eigenvalue weighted by Crippen LogP contribution is 2.45. The molecule has 0 aliphatic rings. The summed E-state index contributed by atoms with van der Waals surface area (Å²) in [7, 11) is -4.34. The predicted octanol–water partition coefficient (Wildman–Crippen LogP) is 5.33. The summed E-state index contributed by atoms with van der Waals surface area (Å²) in [6.07, 6.45) is 1.000. The van der Waals surface area contributed by atoms with Gasteiger partial charge in [-0.3, -0.25) is 4.89 Å². The second-order valence-electron chi connectivity index (χ2n) is 8.84. The molecule has 0 saturated carbocycles. The highest BCUT2D eigenvalue weighted by atomic mass is 31.2. The number of hydrogen-bond acceptors (Lipinski definition) is 5. The quantitative estimate of drug-likeness (QED) is 0.532. The van der Waals surface area contributed by atoms with Gasteiger partial charge in [0.25, 0.3) is 0 Å². The number of phosphoric acid groups is 1. The van der Waals surface area contributed by atoms with Gasteiger partial charge in [-0.25, -0.2) is 4.57 Å². The van der Waals surface area contributed by atoms with E-state index in [9.17, 15) is 9.46 Å². The largest absolute Gasteiger partial charge is 0.584 e. The number of hydrogen-bond donors (Lipinski definition) is 2. The zero-order chi connectivity index (χ0) is 21.7. The second-order valence-corrected chi connectivity index (χ2v) is 10.1. The van der Waals surface area contributed by atoms with Gasteiger partial charge in [0, 0.05) is 0 Å². The molecule has 160 valence electrons. The molecule has 2 rings (SSSR count). The van der Waals surface area contributed by atoms with Crippen LogP contribution in [0.4, 0.5) is 0 Å². The van der Waals surface area contributed by atoms with E-state index in [-0.39, 0.29) is 35.5 Å². The highest BCUT2D eigenvalue weighted by Gasteiger charge is 2.28. The Morgan fingerprint density at radius 3 is 1.72 bits per heavy atom. The fourth-order valence-electron chi connectivity index (χ4n) is 3.44. The molecule has 0 heterocycles. The van der Waals surface area contributed by atoms with Crippen LogP contribution in [0.25, 0.3) is 0 Å². The topological polar surface area (TPSA) is 85.2 Å². The van der Waals surface area contributed by atoms with Crippen LogP contribution in [0.15, 0.2) is 48.5 Å². The Balaban J connectivity index is 2.02. The van der Waals surface area contributed by atoms with Crippen LogP contribution in [-0.2, 0) is 9.98 Å². The van der Waals surface area contributed by atoms with Gasteiger partial charge in [0.2, 0.25) is 0 Å². The third kappa shape index (κ3) is 7.73. The van der Waals surface area contributed by atoms with Crippen LogP contribution in [0.3, 0.4) is 0 Å². The first-order valence-electron chi connectivity index (χ1n) is 9.56. The third-order valence-electron chi connectivity index (χ3n) is 4.23. The van der Waals surface area contributed by atoms with Crippen LogP contribution >= 0.6 is 7.82 Å². The normalized spacial score (nSPS) is 14.2. The van der Waals surface area contributed by atoms with Crippen molar-refractivity contribution in [2.75, 3.05) is 13.2 Å². The van der Waals surface area contributed by atoms with E-state index in [4.69, 9.17) is 18.9 Å². The van der Waals surface area contributed by atoms with Crippen molar-refractivity contribution in [3.05, 3.63) is 54.1 Å². The molecule has 29 heavy (non-hydrogen) atoms. The van der Waals surface area contributed by atoms with Gasteiger partial charge < -0.3 is 18.9 Å². The Morgan fingerprint density at radius 1 is 0.828 bits per heavy atom. The van der Waals surface area contributed by atoms with Crippen LogP contribution in [0.2, 0.25) is 0 Å². The zero-order valence-corrected chi connectivity index (χ0v) is 18.6. The Kier molecular flexibility index (Phi) is 7.39. The molecule has 0 amide bonds. The molecule has 1 atom stereocenters. The molecule has 0 radical (unpaired) electrons. The number of aliphatic hydroxyl groups excluding tert-OH is 1. The van der Waals surface area contributed by atoms with E-state index in [0.717, 1.165) is 12.0 Å². The van der Waals surface area contributed by atoms with E-state index in [1.807, 2.05) is 12.1 Å². The van der Waals surface area contributed by atoms with E-state index in [1.54, 1.807) is 24.3 Å². The Bertz CT molecular complexity index is 822. The minimum Gasteiger partial charge on any atom is -0.491 e. The van der Waals surface area contributed by atoms with Gasteiger partial charge in [0.1, 0.15) is 23.9 Å². The molecule has 2 N–H and O–H groups in total. The molecule has 2 aromatic rings. The average Bonchev–Trinajstić information content (AvgIpc) is 2.59. The van der Waals surface area contributed by atoms with Crippen molar-refractivity contribution in [1.29, 1.82) is 0 Å². The summed E-state index contributed by atoms with van der Waals surface area (Å²) in [5.41, 5.74) is 1.29. The number of rotatable bonds is 9. The van der Waals surface area contributed by atoms with E-state index in [2.05, 4.69) is 34.6 Å². The lowest BCUT2D eigenvalue weighted by Crippen LogP contribution is -2.24. The van der Waals surface area contributed by atoms with Gasteiger partial charge in [0.05, 0.1) is 6.61 Å². The van der Waals surface area contributed by atoms with Crippen molar-refractivity contribution >= 4 is 7.82 Å².